The van der Waals surface area contributed by atoms with Gasteiger partial charge in [-0.05, 0) is 46.3 Å². The number of nitrogens with zero attached hydrogens (tertiary/aromatic N) is 2. The number of aromatic amines is 1. The number of ether oxygens (including phenoxy) is 2. The Morgan fingerprint density at radius 3 is 2.67 bits per heavy atom. The molecule has 0 amide bonds. The molecule has 108 valence electrons. The highest BCUT2D eigenvalue weighted by molar-refractivity contribution is 9.10. The first-order valence-corrected chi connectivity index (χ1v) is 7.33. The van der Waals surface area contributed by atoms with Gasteiger partial charge in [0, 0.05) is 16.7 Å². The molecule has 0 aliphatic heterocycles. The maximum atomic E-state index is 5.40. The molecule has 0 unspecified atom stereocenters. The van der Waals surface area contributed by atoms with Crippen molar-refractivity contribution in [3.8, 4) is 17.2 Å². The Morgan fingerprint density at radius 2 is 1.95 bits per heavy atom. The minimum atomic E-state index is 0.572. The predicted molar refractivity (Wildman–Crippen MR) is 87.1 cm³/mol. The van der Waals surface area contributed by atoms with Crippen molar-refractivity contribution in [2.24, 2.45) is 0 Å². The number of rotatable bonds is 3. The highest BCUT2D eigenvalue weighted by atomic mass is 79.9. The zero-order valence-corrected chi connectivity index (χ0v) is 13.8. The number of hydrogen-bond donors (Lipinski definition) is 1. The first-order chi connectivity index (χ1) is 10.1. The monoisotopic (exact) mass is 365 g/mol. The maximum Gasteiger partial charge on any atom is 0.184 e. The van der Waals surface area contributed by atoms with E-state index in [1.807, 2.05) is 28.8 Å². The minimum absolute atomic E-state index is 0.572. The third-order valence-corrected chi connectivity index (χ3v) is 3.83. The predicted octanol–water partition coefficient (Wildman–Crippen LogP) is 3.86. The largest absolute Gasteiger partial charge is 0.493 e. The topological polar surface area (TPSA) is 52.1 Å². The molecule has 0 radical (unpaired) electrons. The molecular formula is C14H12BrN3O2S. The van der Waals surface area contributed by atoms with E-state index in [1.165, 1.54) is 0 Å². The summed E-state index contributed by atoms with van der Waals surface area (Å²) in [7, 11) is 3.21. The lowest BCUT2D eigenvalue weighted by Crippen LogP contribution is -1.98. The highest BCUT2D eigenvalue weighted by Gasteiger charge is 2.11. The number of nitrogens with one attached hydrogen (secondary N) is 1. The SMILES string of the molecule is COc1ccc(-n2c(=S)[nH]c3cc(Br)cnc32)cc1OC. The molecule has 0 atom stereocenters. The van der Waals surface area contributed by atoms with Crippen LogP contribution in [0.3, 0.4) is 0 Å². The summed E-state index contributed by atoms with van der Waals surface area (Å²) >= 11 is 8.80. The van der Waals surface area contributed by atoms with Crippen molar-refractivity contribution in [1.82, 2.24) is 14.5 Å². The Labute approximate surface area is 134 Å². The molecule has 3 rings (SSSR count). The van der Waals surface area contributed by atoms with E-state index in [0.717, 1.165) is 21.3 Å². The van der Waals surface area contributed by atoms with Gasteiger partial charge in [0.2, 0.25) is 0 Å². The zero-order valence-electron chi connectivity index (χ0n) is 11.4. The van der Waals surface area contributed by atoms with Crippen LogP contribution in [0.25, 0.3) is 16.9 Å². The molecule has 1 N–H and O–H groups in total. The number of pyridine rings is 1. The molecule has 5 nitrogen and oxygen atoms in total. The second-order valence-electron chi connectivity index (χ2n) is 4.33. The standard InChI is InChI=1S/C14H12BrN3O2S/c1-19-11-4-3-9(6-12(11)20-2)18-13-10(17-14(18)21)5-8(15)7-16-13/h3-7H,1-2H3,(H,17,21). The van der Waals surface area contributed by atoms with Gasteiger partial charge in [-0.15, -0.1) is 0 Å². The summed E-state index contributed by atoms with van der Waals surface area (Å²) in [5, 5.41) is 0. The summed E-state index contributed by atoms with van der Waals surface area (Å²) in [4.78, 5) is 7.57. The van der Waals surface area contributed by atoms with Crippen LogP contribution in [0.4, 0.5) is 0 Å². The summed E-state index contributed by atoms with van der Waals surface area (Å²) < 4.78 is 13.9. The lowest BCUT2D eigenvalue weighted by Gasteiger charge is -2.10. The van der Waals surface area contributed by atoms with Crippen molar-refractivity contribution in [3.05, 3.63) is 39.7 Å². The van der Waals surface area contributed by atoms with Crippen LogP contribution in [-0.2, 0) is 0 Å². The number of H-pyrrole nitrogens is 1. The molecule has 2 aromatic heterocycles. The maximum absolute atomic E-state index is 5.40. The fourth-order valence-electron chi connectivity index (χ4n) is 2.17. The molecule has 0 bridgehead atoms. The van der Waals surface area contributed by atoms with Gasteiger partial charge in [0.05, 0.1) is 25.4 Å². The van der Waals surface area contributed by atoms with Crippen LogP contribution < -0.4 is 9.47 Å². The molecule has 0 aliphatic rings. The Kier molecular flexibility index (Phi) is 3.69. The quantitative estimate of drug-likeness (QED) is 0.716. The van der Waals surface area contributed by atoms with E-state index < -0.39 is 0 Å². The van der Waals surface area contributed by atoms with Crippen molar-refractivity contribution in [2.45, 2.75) is 0 Å². The first kappa shape index (κ1) is 14.1. The van der Waals surface area contributed by atoms with E-state index in [9.17, 15) is 0 Å². The number of fused-ring (bicyclic) bond motifs is 1. The van der Waals surface area contributed by atoms with Crippen molar-refractivity contribution in [3.63, 3.8) is 0 Å². The molecule has 0 saturated heterocycles. The van der Waals surface area contributed by atoms with Gasteiger partial charge >= 0.3 is 0 Å². The third kappa shape index (κ3) is 2.43. The van der Waals surface area contributed by atoms with Crippen molar-refractivity contribution >= 4 is 39.3 Å². The van der Waals surface area contributed by atoms with Crippen LogP contribution in [0.5, 0.6) is 11.5 Å². The van der Waals surface area contributed by atoms with Crippen LogP contribution in [-0.4, -0.2) is 28.8 Å². The number of aromatic nitrogens is 3. The van der Waals surface area contributed by atoms with Crippen molar-refractivity contribution in [2.75, 3.05) is 14.2 Å². The highest BCUT2D eigenvalue weighted by Crippen LogP contribution is 2.30. The Hall–Kier alpha value is -1.86. The third-order valence-electron chi connectivity index (χ3n) is 3.12. The molecule has 0 fully saturated rings. The lowest BCUT2D eigenvalue weighted by atomic mass is 10.2. The summed E-state index contributed by atoms with van der Waals surface area (Å²) in [5.41, 5.74) is 2.48. The van der Waals surface area contributed by atoms with Gasteiger partial charge in [-0.2, -0.15) is 0 Å². The molecule has 0 spiro atoms. The molecule has 0 aliphatic carbocycles. The summed E-state index contributed by atoms with van der Waals surface area (Å²) in [6.07, 6.45) is 1.74. The minimum Gasteiger partial charge on any atom is -0.493 e. The molecular weight excluding hydrogens is 354 g/mol. The summed E-state index contributed by atoms with van der Waals surface area (Å²) in [6, 6.07) is 7.56. The average molecular weight is 366 g/mol. The van der Waals surface area contributed by atoms with E-state index in [1.54, 1.807) is 20.4 Å². The van der Waals surface area contributed by atoms with Gasteiger partial charge in [-0.25, -0.2) is 4.98 Å². The Morgan fingerprint density at radius 1 is 1.19 bits per heavy atom. The Balaban J connectivity index is 2.25. The molecule has 7 heteroatoms. The van der Waals surface area contributed by atoms with Gasteiger partial charge in [-0.1, -0.05) is 0 Å². The van der Waals surface area contributed by atoms with Gasteiger partial charge in [-0.3, -0.25) is 4.57 Å². The fourth-order valence-corrected chi connectivity index (χ4v) is 2.81. The number of halogens is 1. The fraction of sp³-hybridized carbons (Fsp3) is 0.143. The van der Waals surface area contributed by atoms with E-state index in [-0.39, 0.29) is 0 Å². The number of methoxy groups -OCH3 is 2. The summed E-state index contributed by atoms with van der Waals surface area (Å²) in [5.74, 6) is 1.31. The van der Waals surface area contributed by atoms with E-state index >= 15 is 0 Å². The smallest absolute Gasteiger partial charge is 0.184 e. The van der Waals surface area contributed by atoms with Gasteiger partial charge in [0.25, 0.3) is 0 Å². The molecule has 3 aromatic rings. The lowest BCUT2D eigenvalue weighted by molar-refractivity contribution is 0.355. The second kappa shape index (κ2) is 5.50. The van der Waals surface area contributed by atoms with Crippen molar-refractivity contribution in [1.29, 1.82) is 0 Å². The number of benzene rings is 1. The van der Waals surface area contributed by atoms with E-state index in [0.29, 0.717) is 16.3 Å². The second-order valence-corrected chi connectivity index (χ2v) is 5.63. The molecule has 2 heterocycles. The van der Waals surface area contributed by atoms with Crippen LogP contribution in [0.2, 0.25) is 0 Å². The molecule has 0 saturated carbocycles. The van der Waals surface area contributed by atoms with Gasteiger partial charge < -0.3 is 14.5 Å². The summed E-state index contributed by atoms with van der Waals surface area (Å²) in [6.45, 7) is 0. The first-order valence-electron chi connectivity index (χ1n) is 6.12. The van der Waals surface area contributed by atoms with Crippen LogP contribution in [0, 0.1) is 4.77 Å². The molecule has 21 heavy (non-hydrogen) atoms. The van der Waals surface area contributed by atoms with Gasteiger partial charge in [0.15, 0.2) is 21.9 Å². The number of hydrogen-bond acceptors (Lipinski definition) is 4. The van der Waals surface area contributed by atoms with E-state index in [4.69, 9.17) is 21.7 Å². The van der Waals surface area contributed by atoms with Gasteiger partial charge in [0.1, 0.15) is 0 Å². The van der Waals surface area contributed by atoms with E-state index in [2.05, 4.69) is 25.9 Å². The van der Waals surface area contributed by atoms with Crippen LogP contribution in [0.1, 0.15) is 0 Å². The Bertz CT molecular complexity index is 872. The van der Waals surface area contributed by atoms with Crippen LogP contribution in [0.15, 0.2) is 34.9 Å². The normalized spacial score (nSPS) is 10.8. The van der Waals surface area contributed by atoms with Crippen LogP contribution >= 0.6 is 28.1 Å². The molecule has 1 aromatic carbocycles. The van der Waals surface area contributed by atoms with Crippen molar-refractivity contribution < 1.29 is 9.47 Å². The number of imidazole rings is 1. The average Bonchev–Trinajstić information content (AvgIpc) is 2.81. The zero-order chi connectivity index (χ0) is 15.0.